The summed E-state index contributed by atoms with van der Waals surface area (Å²) in [5, 5.41) is 18.6. The Hall–Kier alpha value is -2.08. The van der Waals surface area contributed by atoms with E-state index in [1.165, 1.54) is 12.1 Å². The Bertz CT molecular complexity index is 521. The summed E-state index contributed by atoms with van der Waals surface area (Å²) in [6.45, 7) is 4.88. The lowest BCUT2D eigenvalue weighted by Gasteiger charge is -2.28. The van der Waals surface area contributed by atoms with E-state index in [-0.39, 0.29) is 12.2 Å². The van der Waals surface area contributed by atoms with Crippen LogP contribution in [-0.4, -0.2) is 33.3 Å². The van der Waals surface area contributed by atoms with Crippen molar-refractivity contribution in [3.8, 4) is 5.75 Å². The SMILES string of the molecule is CC(C)(C)OC(=O)[C@](N)(Cc1cccc(O)c1)C(=O)O. The minimum absolute atomic E-state index is 0.0283. The Morgan fingerprint density at radius 2 is 1.90 bits per heavy atom. The van der Waals surface area contributed by atoms with Crippen LogP contribution in [0.4, 0.5) is 0 Å². The number of aromatic hydroxyl groups is 1. The summed E-state index contributed by atoms with van der Waals surface area (Å²) < 4.78 is 5.06. The summed E-state index contributed by atoms with van der Waals surface area (Å²) >= 11 is 0. The van der Waals surface area contributed by atoms with Gasteiger partial charge in [0.1, 0.15) is 11.4 Å². The number of carboxylic acid groups (broad SMARTS) is 1. The predicted molar refractivity (Wildman–Crippen MR) is 72.2 cm³/mol. The number of benzene rings is 1. The summed E-state index contributed by atoms with van der Waals surface area (Å²) in [4.78, 5) is 23.4. The van der Waals surface area contributed by atoms with Crippen molar-refractivity contribution in [1.82, 2.24) is 0 Å². The molecule has 0 spiro atoms. The van der Waals surface area contributed by atoms with E-state index in [0.29, 0.717) is 5.56 Å². The van der Waals surface area contributed by atoms with E-state index in [2.05, 4.69) is 0 Å². The van der Waals surface area contributed by atoms with E-state index < -0.39 is 23.1 Å². The molecule has 0 fully saturated rings. The highest BCUT2D eigenvalue weighted by Crippen LogP contribution is 2.20. The molecule has 0 saturated carbocycles. The molecule has 0 amide bonds. The second-order valence-electron chi connectivity index (χ2n) is 5.63. The van der Waals surface area contributed by atoms with Gasteiger partial charge in [0.05, 0.1) is 0 Å². The molecule has 0 aliphatic carbocycles. The summed E-state index contributed by atoms with van der Waals surface area (Å²) in [7, 11) is 0. The molecule has 1 aromatic rings. The average Bonchev–Trinajstić information content (AvgIpc) is 2.26. The van der Waals surface area contributed by atoms with Crippen LogP contribution in [0.25, 0.3) is 0 Å². The van der Waals surface area contributed by atoms with Crippen LogP contribution in [0.5, 0.6) is 5.75 Å². The Morgan fingerprint density at radius 3 is 2.35 bits per heavy atom. The van der Waals surface area contributed by atoms with Crippen molar-refractivity contribution in [2.24, 2.45) is 5.73 Å². The lowest BCUT2D eigenvalue weighted by molar-refractivity contribution is -0.169. The Labute approximate surface area is 117 Å². The monoisotopic (exact) mass is 281 g/mol. The first-order chi connectivity index (χ1) is 9.04. The van der Waals surface area contributed by atoms with Gasteiger partial charge in [-0.3, -0.25) is 0 Å². The van der Waals surface area contributed by atoms with Gasteiger partial charge in [-0.2, -0.15) is 0 Å². The third kappa shape index (κ3) is 3.96. The highest BCUT2D eigenvalue weighted by atomic mass is 16.6. The van der Waals surface area contributed by atoms with Crippen molar-refractivity contribution in [3.63, 3.8) is 0 Å². The predicted octanol–water partition coefficient (Wildman–Crippen LogP) is 1.06. The quantitative estimate of drug-likeness (QED) is 0.562. The number of phenols is 1. The molecular formula is C14H19NO5. The van der Waals surface area contributed by atoms with Crippen LogP contribution in [0.1, 0.15) is 26.3 Å². The number of ether oxygens (including phenoxy) is 1. The first-order valence-corrected chi connectivity index (χ1v) is 6.08. The molecule has 6 nitrogen and oxygen atoms in total. The van der Waals surface area contributed by atoms with Gasteiger partial charge in [0.2, 0.25) is 5.54 Å². The van der Waals surface area contributed by atoms with Gasteiger partial charge in [0.15, 0.2) is 0 Å². The average molecular weight is 281 g/mol. The van der Waals surface area contributed by atoms with E-state index >= 15 is 0 Å². The standard InChI is InChI=1S/C14H19NO5/c1-13(2,3)20-12(19)14(15,11(17)18)8-9-5-4-6-10(16)7-9/h4-7,16H,8,15H2,1-3H3,(H,17,18)/t14-/m0/s1. The molecule has 1 atom stereocenters. The smallest absolute Gasteiger partial charge is 0.338 e. The van der Waals surface area contributed by atoms with Gasteiger partial charge in [-0.15, -0.1) is 0 Å². The molecule has 1 aromatic carbocycles. The molecule has 1 rings (SSSR count). The molecule has 20 heavy (non-hydrogen) atoms. The number of esters is 1. The highest BCUT2D eigenvalue weighted by Gasteiger charge is 2.45. The molecule has 0 radical (unpaired) electrons. The zero-order valence-electron chi connectivity index (χ0n) is 11.7. The molecule has 0 aliphatic rings. The van der Waals surface area contributed by atoms with Crippen LogP contribution >= 0.6 is 0 Å². The number of aliphatic carboxylic acids is 1. The fourth-order valence-corrected chi connectivity index (χ4v) is 1.59. The van der Waals surface area contributed by atoms with Crippen LogP contribution < -0.4 is 5.73 Å². The molecule has 0 heterocycles. The Balaban J connectivity index is 3.04. The second kappa shape index (κ2) is 5.50. The maximum atomic E-state index is 12.0. The van der Waals surface area contributed by atoms with E-state index in [4.69, 9.17) is 10.5 Å². The zero-order chi connectivity index (χ0) is 15.6. The largest absolute Gasteiger partial charge is 0.508 e. The molecule has 0 bridgehead atoms. The first kappa shape index (κ1) is 16.0. The summed E-state index contributed by atoms with van der Waals surface area (Å²) in [6, 6.07) is 5.92. The van der Waals surface area contributed by atoms with Crippen molar-refractivity contribution in [2.75, 3.05) is 0 Å². The lowest BCUT2D eigenvalue weighted by Crippen LogP contribution is -2.58. The first-order valence-electron chi connectivity index (χ1n) is 6.08. The van der Waals surface area contributed by atoms with Gasteiger partial charge in [0.25, 0.3) is 0 Å². The summed E-state index contributed by atoms with van der Waals surface area (Å²) in [5.74, 6) is -2.52. The van der Waals surface area contributed by atoms with Gasteiger partial charge >= 0.3 is 11.9 Å². The maximum absolute atomic E-state index is 12.0. The van der Waals surface area contributed by atoms with Gasteiger partial charge in [-0.1, -0.05) is 12.1 Å². The third-order valence-electron chi connectivity index (χ3n) is 2.54. The van der Waals surface area contributed by atoms with Crippen LogP contribution in [0.3, 0.4) is 0 Å². The highest BCUT2D eigenvalue weighted by molar-refractivity contribution is 6.04. The number of phenolic OH excluding ortho intramolecular Hbond substituents is 1. The van der Waals surface area contributed by atoms with Crippen molar-refractivity contribution in [1.29, 1.82) is 0 Å². The fraction of sp³-hybridized carbons (Fsp3) is 0.429. The number of carboxylic acids is 1. The normalized spacial score (nSPS) is 14.4. The van der Waals surface area contributed by atoms with Crippen LogP contribution in [-0.2, 0) is 20.7 Å². The molecule has 4 N–H and O–H groups in total. The van der Waals surface area contributed by atoms with Gasteiger partial charge < -0.3 is 20.7 Å². The van der Waals surface area contributed by atoms with Gasteiger partial charge in [-0.25, -0.2) is 9.59 Å². The Kier molecular flexibility index (Phi) is 4.39. The molecule has 0 aromatic heterocycles. The second-order valence-corrected chi connectivity index (χ2v) is 5.63. The molecule has 6 heteroatoms. The van der Waals surface area contributed by atoms with Crippen LogP contribution in [0.15, 0.2) is 24.3 Å². The van der Waals surface area contributed by atoms with E-state index in [1.807, 2.05) is 0 Å². The molecule has 0 saturated heterocycles. The van der Waals surface area contributed by atoms with Crippen molar-refractivity contribution in [3.05, 3.63) is 29.8 Å². The zero-order valence-corrected chi connectivity index (χ0v) is 11.7. The van der Waals surface area contributed by atoms with E-state index in [0.717, 1.165) is 0 Å². The number of rotatable bonds is 4. The van der Waals surface area contributed by atoms with Crippen LogP contribution in [0.2, 0.25) is 0 Å². The van der Waals surface area contributed by atoms with E-state index in [1.54, 1.807) is 32.9 Å². The third-order valence-corrected chi connectivity index (χ3v) is 2.54. The summed E-state index contributed by atoms with van der Waals surface area (Å²) in [6.07, 6.45) is -0.272. The lowest BCUT2D eigenvalue weighted by atomic mass is 9.91. The van der Waals surface area contributed by atoms with E-state index in [9.17, 15) is 19.8 Å². The molecular weight excluding hydrogens is 262 g/mol. The summed E-state index contributed by atoms with van der Waals surface area (Å²) in [5.41, 5.74) is 3.12. The number of hydrogen-bond acceptors (Lipinski definition) is 5. The van der Waals surface area contributed by atoms with Gasteiger partial charge in [0, 0.05) is 6.42 Å². The number of nitrogens with two attached hydrogens (primary N) is 1. The minimum Gasteiger partial charge on any atom is -0.508 e. The van der Waals surface area contributed by atoms with Crippen molar-refractivity contribution < 1.29 is 24.5 Å². The van der Waals surface area contributed by atoms with Crippen molar-refractivity contribution in [2.45, 2.75) is 38.3 Å². The number of carbonyl (C=O) groups excluding carboxylic acids is 1. The minimum atomic E-state index is -2.19. The molecule has 0 unspecified atom stereocenters. The molecule has 0 aliphatic heterocycles. The number of hydrogen-bond donors (Lipinski definition) is 3. The molecule has 110 valence electrons. The maximum Gasteiger partial charge on any atom is 0.338 e. The Morgan fingerprint density at radius 1 is 1.30 bits per heavy atom. The number of carbonyl (C=O) groups is 2. The van der Waals surface area contributed by atoms with Crippen LogP contribution in [0, 0.1) is 0 Å². The fourth-order valence-electron chi connectivity index (χ4n) is 1.59. The van der Waals surface area contributed by atoms with Crippen molar-refractivity contribution >= 4 is 11.9 Å². The topological polar surface area (TPSA) is 110 Å². The van der Waals surface area contributed by atoms with Gasteiger partial charge in [-0.05, 0) is 38.5 Å².